The van der Waals surface area contributed by atoms with Gasteiger partial charge in [-0.3, -0.25) is 4.79 Å². The van der Waals surface area contributed by atoms with E-state index in [0.717, 1.165) is 0 Å². The molecule has 1 aromatic heterocycles. The zero-order valence-corrected chi connectivity index (χ0v) is 12.0. The van der Waals surface area contributed by atoms with Crippen molar-refractivity contribution in [3.05, 3.63) is 24.0 Å². The summed E-state index contributed by atoms with van der Waals surface area (Å²) in [6, 6.07) is 3.68. The number of aliphatic hydroxyl groups excluding tert-OH is 1. The maximum atomic E-state index is 12.6. The first-order chi connectivity index (χ1) is 9.67. The molecule has 0 aliphatic carbocycles. The van der Waals surface area contributed by atoms with Crippen LogP contribution in [0.4, 0.5) is 0 Å². The number of carbonyl (C=O) groups is 1. The first-order valence-electron chi connectivity index (χ1n) is 6.85. The lowest BCUT2D eigenvalue weighted by Crippen LogP contribution is -2.52. The minimum Gasteiger partial charge on any atom is -0.394 e. The summed E-state index contributed by atoms with van der Waals surface area (Å²) < 4.78 is 12.4. The maximum Gasteiger partial charge on any atom is 0.270 e. The number of aliphatic hydroxyl groups is 1. The Labute approximate surface area is 118 Å². The van der Waals surface area contributed by atoms with Crippen molar-refractivity contribution < 1.29 is 19.4 Å². The standard InChI is InChI=1S/C14H22N2O4/c1-11-10-20-12(9-17)8-16(11)14(18)13-4-3-5-15(13)6-7-19-2/h3-5,11-12,17H,6-10H2,1-2H3. The Morgan fingerprint density at radius 1 is 1.60 bits per heavy atom. The molecule has 0 aromatic carbocycles. The molecule has 1 aliphatic heterocycles. The van der Waals surface area contributed by atoms with E-state index < -0.39 is 0 Å². The number of amides is 1. The summed E-state index contributed by atoms with van der Waals surface area (Å²) >= 11 is 0. The molecule has 1 fully saturated rings. The van der Waals surface area contributed by atoms with Crippen molar-refractivity contribution in [2.24, 2.45) is 0 Å². The van der Waals surface area contributed by atoms with E-state index in [4.69, 9.17) is 9.47 Å². The van der Waals surface area contributed by atoms with E-state index in [2.05, 4.69) is 0 Å². The van der Waals surface area contributed by atoms with Gasteiger partial charge < -0.3 is 24.0 Å². The fourth-order valence-corrected chi connectivity index (χ4v) is 2.35. The van der Waals surface area contributed by atoms with Gasteiger partial charge in [-0.2, -0.15) is 0 Å². The lowest BCUT2D eigenvalue weighted by atomic mass is 10.2. The molecule has 1 aliphatic rings. The summed E-state index contributed by atoms with van der Waals surface area (Å²) in [6.07, 6.45) is 1.58. The predicted octanol–water partition coefficient (Wildman–Crippen LogP) is 0.356. The van der Waals surface area contributed by atoms with Crippen LogP contribution >= 0.6 is 0 Å². The van der Waals surface area contributed by atoms with Crippen LogP contribution in [0, 0.1) is 0 Å². The van der Waals surface area contributed by atoms with Crippen LogP contribution in [0.1, 0.15) is 17.4 Å². The molecule has 1 amide bonds. The molecule has 20 heavy (non-hydrogen) atoms. The molecular weight excluding hydrogens is 260 g/mol. The third-order valence-corrected chi connectivity index (χ3v) is 3.55. The Morgan fingerprint density at radius 3 is 3.10 bits per heavy atom. The molecule has 1 aromatic rings. The number of hydrogen-bond donors (Lipinski definition) is 1. The van der Waals surface area contributed by atoms with Crippen LogP contribution in [-0.2, 0) is 16.0 Å². The van der Waals surface area contributed by atoms with Crippen molar-refractivity contribution in [3.8, 4) is 0 Å². The Bertz CT molecular complexity index is 446. The van der Waals surface area contributed by atoms with Crippen molar-refractivity contribution >= 4 is 5.91 Å². The SMILES string of the molecule is COCCn1cccc1C(=O)N1CC(CO)OCC1C. The summed E-state index contributed by atoms with van der Waals surface area (Å²) in [5.41, 5.74) is 0.646. The normalized spacial score (nSPS) is 23.1. The molecule has 6 nitrogen and oxygen atoms in total. The van der Waals surface area contributed by atoms with Gasteiger partial charge in [0.05, 0.1) is 32.0 Å². The minimum atomic E-state index is -0.294. The van der Waals surface area contributed by atoms with Crippen molar-refractivity contribution in [2.75, 3.05) is 33.5 Å². The first kappa shape index (κ1) is 15.0. The number of rotatable bonds is 5. The first-order valence-corrected chi connectivity index (χ1v) is 6.85. The van der Waals surface area contributed by atoms with Crippen LogP contribution in [0.2, 0.25) is 0 Å². The summed E-state index contributed by atoms with van der Waals surface area (Å²) in [4.78, 5) is 14.4. The highest BCUT2D eigenvalue weighted by molar-refractivity contribution is 5.93. The van der Waals surface area contributed by atoms with Gasteiger partial charge in [0.15, 0.2) is 0 Å². The van der Waals surface area contributed by atoms with E-state index in [1.807, 2.05) is 29.8 Å². The zero-order chi connectivity index (χ0) is 14.5. The zero-order valence-electron chi connectivity index (χ0n) is 12.0. The Hall–Kier alpha value is -1.37. The average molecular weight is 282 g/mol. The highest BCUT2D eigenvalue weighted by Gasteiger charge is 2.30. The van der Waals surface area contributed by atoms with Gasteiger partial charge in [-0.15, -0.1) is 0 Å². The number of methoxy groups -OCH3 is 1. The highest BCUT2D eigenvalue weighted by Crippen LogP contribution is 2.16. The number of nitrogens with zero attached hydrogens (tertiary/aromatic N) is 2. The number of ether oxygens (including phenoxy) is 2. The van der Waals surface area contributed by atoms with Gasteiger partial charge in [-0.25, -0.2) is 0 Å². The fraction of sp³-hybridized carbons (Fsp3) is 0.643. The van der Waals surface area contributed by atoms with Crippen LogP contribution in [0.25, 0.3) is 0 Å². The topological polar surface area (TPSA) is 63.9 Å². The quantitative estimate of drug-likeness (QED) is 0.847. The van der Waals surface area contributed by atoms with Crippen molar-refractivity contribution in [1.29, 1.82) is 0 Å². The average Bonchev–Trinajstić information content (AvgIpc) is 2.93. The Balaban J connectivity index is 2.11. The lowest BCUT2D eigenvalue weighted by Gasteiger charge is -2.37. The summed E-state index contributed by atoms with van der Waals surface area (Å²) in [5, 5.41) is 9.19. The second-order valence-electron chi connectivity index (χ2n) is 5.02. The van der Waals surface area contributed by atoms with Crippen LogP contribution in [0.5, 0.6) is 0 Å². The molecule has 0 spiro atoms. The second-order valence-corrected chi connectivity index (χ2v) is 5.02. The van der Waals surface area contributed by atoms with Crippen LogP contribution in [-0.4, -0.2) is 66.1 Å². The summed E-state index contributed by atoms with van der Waals surface area (Å²) in [7, 11) is 1.64. The van der Waals surface area contributed by atoms with E-state index >= 15 is 0 Å². The smallest absolute Gasteiger partial charge is 0.270 e. The van der Waals surface area contributed by atoms with E-state index in [1.54, 1.807) is 12.0 Å². The molecule has 0 radical (unpaired) electrons. The number of hydrogen-bond acceptors (Lipinski definition) is 4. The third-order valence-electron chi connectivity index (χ3n) is 3.55. The molecule has 0 bridgehead atoms. The van der Waals surface area contributed by atoms with Gasteiger partial charge in [0.25, 0.3) is 5.91 Å². The van der Waals surface area contributed by atoms with Crippen molar-refractivity contribution in [1.82, 2.24) is 9.47 Å². The molecular formula is C14H22N2O4. The molecule has 1 N–H and O–H groups in total. The van der Waals surface area contributed by atoms with E-state index in [9.17, 15) is 9.90 Å². The monoisotopic (exact) mass is 282 g/mol. The molecule has 112 valence electrons. The van der Waals surface area contributed by atoms with Gasteiger partial charge in [0.2, 0.25) is 0 Å². The fourth-order valence-electron chi connectivity index (χ4n) is 2.35. The molecule has 2 rings (SSSR count). The molecule has 2 atom stereocenters. The molecule has 0 saturated carbocycles. The maximum absolute atomic E-state index is 12.6. The van der Waals surface area contributed by atoms with Gasteiger partial charge in [0.1, 0.15) is 5.69 Å². The van der Waals surface area contributed by atoms with Crippen molar-refractivity contribution in [2.45, 2.75) is 25.6 Å². The van der Waals surface area contributed by atoms with Crippen molar-refractivity contribution in [3.63, 3.8) is 0 Å². The predicted molar refractivity (Wildman–Crippen MR) is 73.6 cm³/mol. The van der Waals surface area contributed by atoms with E-state index in [-0.39, 0.29) is 24.7 Å². The Kier molecular flexibility index (Phi) is 5.17. The van der Waals surface area contributed by atoms with Crippen LogP contribution in [0.15, 0.2) is 18.3 Å². The largest absolute Gasteiger partial charge is 0.394 e. The highest BCUT2D eigenvalue weighted by atomic mass is 16.5. The van der Waals surface area contributed by atoms with Gasteiger partial charge in [0, 0.05) is 26.4 Å². The minimum absolute atomic E-state index is 0.0103. The Morgan fingerprint density at radius 2 is 2.40 bits per heavy atom. The van der Waals surface area contributed by atoms with Gasteiger partial charge in [-0.1, -0.05) is 0 Å². The van der Waals surface area contributed by atoms with E-state index in [0.29, 0.717) is 32.0 Å². The van der Waals surface area contributed by atoms with Crippen LogP contribution in [0.3, 0.4) is 0 Å². The lowest BCUT2D eigenvalue weighted by molar-refractivity contribution is -0.0669. The molecule has 6 heteroatoms. The molecule has 2 unspecified atom stereocenters. The van der Waals surface area contributed by atoms with E-state index in [1.165, 1.54) is 0 Å². The second kappa shape index (κ2) is 6.88. The number of carbonyl (C=O) groups excluding carboxylic acids is 1. The van der Waals surface area contributed by atoms with Gasteiger partial charge in [-0.05, 0) is 19.1 Å². The molecule has 2 heterocycles. The summed E-state index contributed by atoms with van der Waals surface area (Å²) in [6.45, 7) is 3.97. The molecule has 1 saturated heterocycles. The summed E-state index contributed by atoms with van der Waals surface area (Å²) in [5.74, 6) is -0.0275. The number of aromatic nitrogens is 1. The van der Waals surface area contributed by atoms with Crippen LogP contribution < -0.4 is 0 Å². The van der Waals surface area contributed by atoms with Gasteiger partial charge >= 0.3 is 0 Å². The number of morpholine rings is 1. The third kappa shape index (κ3) is 3.20.